The van der Waals surface area contributed by atoms with Gasteiger partial charge in [0.05, 0.1) is 6.54 Å². The maximum atomic E-state index is 11.8. The summed E-state index contributed by atoms with van der Waals surface area (Å²) in [5.41, 5.74) is -1.14. The van der Waals surface area contributed by atoms with Crippen LogP contribution in [0, 0.1) is 5.41 Å². The minimum atomic E-state index is -0.731. The van der Waals surface area contributed by atoms with E-state index < -0.39 is 17.0 Å². The van der Waals surface area contributed by atoms with Gasteiger partial charge >= 0.3 is 5.97 Å². The average Bonchev–Trinajstić information content (AvgIpc) is 2.25. The van der Waals surface area contributed by atoms with Crippen LogP contribution in [0.2, 0.25) is 0 Å². The van der Waals surface area contributed by atoms with E-state index in [1.807, 2.05) is 20.8 Å². The van der Waals surface area contributed by atoms with Gasteiger partial charge in [0.25, 0.3) is 0 Å². The number of carbonyl (C=O) groups is 2. The summed E-state index contributed by atoms with van der Waals surface area (Å²) in [6, 6.07) is 0. The second-order valence-electron chi connectivity index (χ2n) is 5.31. The van der Waals surface area contributed by atoms with Crippen LogP contribution in [0.4, 0.5) is 0 Å². The lowest BCUT2D eigenvalue weighted by Gasteiger charge is -2.28. The molecule has 0 aromatic carbocycles. The molecular weight excluding hydrogens is 218 g/mol. The van der Waals surface area contributed by atoms with Crippen molar-refractivity contribution in [1.29, 1.82) is 0 Å². The molecular formula is C13H23NO3. The van der Waals surface area contributed by atoms with Crippen LogP contribution in [-0.4, -0.2) is 24.0 Å². The number of esters is 1. The fourth-order valence-electron chi connectivity index (χ4n) is 1.04. The maximum absolute atomic E-state index is 11.8. The fraction of sp³-hybridized carbons (Fsp3) is 0.692. The van der Waals surface area contributed by atoms with Crippen molar-refractivity contribution in [2.75, 3.05) is 6.54 Å². The summed E-state index contributed by atoms with van der Waals surface area (Å²) in [6.07, 6.45) is 1.87. The zero-order chi connectivity index (χ0) is 13.7. The molecule has 0 bridgehead atoms. The maximum Gasteiger partial charge on any atom is 0.330 e. The predicted molar refractivity (Wildman–Crippen MR) is 67.4 cm³/mol. The Bertz CT molecular complexity index is 306. The highest BCUT2D eigenvalue weighted by Crippen LogP contribution is 2.20. The Kier molecular flexibility index (Phi) is 5.39. The summed E-state index contributed by atoms with van der Waals surface area (Å²) in [4.78, 5) is 22.9. The largest absolute Gasteiger partial charge is 0.455 e. The van der Waals surface area contributed by atoms with E-state index in [-0.39, 0.29) is 12.5 Å². The summed E-state index contributed by atoms with van der Waals surface area (Å²) < 4.78 is 5.11. The molecule has 0 rings (SSSR count). The molecule has 0 aliphatic heterocycles. The third-order valence-electron chi connectivity index (χ3n) is 2.72. The number of hydrogen-bond acceptors (Lipinski definition) is 3. The Labute approximate surface area is 103 Å². The van der Waals surface area contributed by atoms with Gasteiger partial charge in [-0.1, -0.05) is 27.4 Å². The molecule has 98 valence electrons. The highest BCUT2D eigenvalue weighted by Gasteiger charge is 2.28. The predicted octanol–water partition coefficient (Wildman–Crippen LogP) is 2.05. The average molecular weight is 241 g/mol. The van der Waals surface area contributed by atoms with Gasteiger partial charge in [0.2, 0.25) is 5.91 Å². The fourth-order valence-corrected chi connectivity index (χ4v) is 1.04. The van der Waals surface area contributed by atoms with Gasteiger partial charge in [0, 0.05) is 11.5 Å². The highest BCUT2D eigenvalue weighted by atomic mass is 16.6. The molecule has 0 aromatic heterocycles. The van der Waals surface area contributed by atoms with Gasteiger partial charge in [-0.15, -0.1) is 0 Å². The summed E-state index contributed by atoms with van der Waals surface area (Å²) in [5, 5.41) is 2.79. The van der Waals surface area contributed by atoms with Crippen molar-refractivity contribution in [3.05, 3.63) is 12.7 Å². The molecule has 0 aromatic rings. The van der Waals surface area contributed by atoms with Crippen LogP contribution in [0.5, 0.6) is 0 Å². The number of rotatable bonds is 6. The molecule has 0 spiro atoms. The van der Waals surface area contributed by atoms with Gasteiger partial charge in [-0.3, -0.25) is 4.79 Å². The van der Waals surface area contributed by atoms with Crippen LogP contribution in [0.15, 0.2) is 12.7 Å². The molecule has 4 nitrogen and oxygen atoms in total. The van der Waals surface area contributed by atoms with Crippen molar-refractivity contribution >= 4 is 11.9 Å². The number of nitrogens with one attached hydrogen (secondary N) is 1. The molecule has 0 heterocycles. The molecule has 0 fully saturated rings. The van der Waals surface area contributed by atoms with Gasteiger partial charge in [-0.25, -0.2) is 4.79 Å². The van der Waals surface area contributed by atoms with Gasteiger partial charge in [-0.2, -0.15) is 0 Å². The van der Waals surface area contributed by atoms with E-state index in [9.17, 15) is 9.59 Å². The van der Waals surface area contributed by atoms with E-state index in [2.05, 4.69) is 11.9 Å². The first-order chi connectivity index (χ1) is 7.64. The zero-order valence-corrected chi connectivity index (χ0v) is 11.4. The monoisotopic (exact) mass is 241 g/mol. The summed E-state index contributed by atoms with van der Waals surface area (Å²) >= 11 is 0. The molecule has 0 aliphatic rings. The van der Waals surface area contributed by atoms with E-state index in [1.165, 1.54) is 0 Å². The van der Waals surface area contributed by atoms with Gasteiger partial charge < -0.3 is 10.1 Å². The minimum Gasteiger partial charge on any atom is -0.455 e. The van der Waals surface area contributed by atoms with Crippen molar-refractivity contribution in [1.82, 2.24) is 5.32 Å². The quantitative estimate of drug-likeness (QED) is 0.572. The lowest BCUT2D eigenvalue weighted by molar-refractivity contribution is -0.151. The molecule has 0 aliphatic carbocycles. The number of hydrogen-bond donors (Lipinski definition) is 1. The van der Waals surface area contributed by atoms with Gasteiger partial charge in [0.15, 0.2) is 0 Å². The van der Waals surface area contributed by atoms with E-state index in [0.29, 0.717) is 0 Å². The van der Waals surface area contributed by atoms with Crippen LogP contribution in [0.3, 0.4) is 0 Å². The molecule has 1 N–H and O–H groups in total. The standard InChI is InChI=1S/C13H23NO3/c1-7-10(15)17-13(5,6)9-14-11(16)12(3,4)8-2/h7H,1,8-9H2,2-6H3,(H,14,16). The van der Waals surface area contributed by atoms with Crippen LogP contribution >= 0.6 is 0 Å². The second-order valence-corrected chi connectivity index (χ2v) is 5.31. The smallest absolute Gasteiger partial charge is 0.330 e. The lowest BCUT2D eigenvalue weighted by atomic mass is 9.89. The first-order valence-electron chi connectivity index (χ1n) is 5.78. The van der Waals surface area contributed by atoms with Gasteiger partial charge in [-0.05, 0) is 20.3 Å². The lowest BCUT2D eigenvalue weighted by Crippen LogP contribution is -2.45. The van der Waals surface area contributed by atoms with E-state index in [1.54, 1.807) is 13.8 Å². The molecule has 0 unspecified atom stereocenters. The summed E-state index contributed by atoms with van der Waals surface area (Å²) in [6.45, 7) is 12.8. The normalized spacial score (nSPS) is 11.8. The minimum absolute atomic E-state index is 0.0391. The van der Waals surface area contributed by atoms with Gasteiger partial charge in [0.1, 0.15) is 5.60 Å². The van der Waals surface area contributed by atoms with Crippen LogP contribution in [0.25, 0.3) is 0 Å². The zero-order valence-electron chi connectivity index (χ0n) is 11.4. The number of amides is 1. The van der Waals surface area contributed by atoms with Crippen molar-refractivity contribution < 1.29 is 14.3 Å². The van der Waals surface area contributed by atoms with E-state index >= 15 is 0 Å². The first kappa shape index (κ1) is 15.7. The Morgan fingerprint density at radius 1 is 1.29 bits per heavy atom. The van der Waals surface area contributed by atoms with Crippen molar-refractivity contribution in [3.63, 3.8) is 0 Å². The molecule has 0 saturated heterocycles. The Balaban J connectivity index is 4.32. The molecule has 1 amide bonds. The second kappa shape index (κ2) is 5.84. The van der Waals surface area contributed by atoms with Crippen LogP contribution < -0.4 is 5.32 Å². The van der Waals surface area contributed by atoms with Crippen molar-refractivity contribution in [2.45, 2.75) is 46.6 Å². The van der Waals surface area contributed by atoms with Crippen LogP contribution in [0.1, 0.15) is 41.0 Å². The topological polar surface area (TPSA) is 55.4 Å². The first-order valence-corrected chi connectivity index (χ1v) is 5.78. The SMILES string of the molecule is C=CC(=O)OC(C)(C)CNC(=O)C(C)(C)CC. The molecule has 0 radical (unpaired) electrons. The Morgan fingerprint density at radius 2 is 1.82 bits per heavy atom. The summed E-state index contributed by atoms with van der Waals surface area (Å²) in [7, 11) is 0. The summed E-state index contributed by atoms with van der Waals surface area (Å²) in [5.74, 6) is -0.526. The number of ether oxygens (including phenoxy) is 1. The van der Waals surface area contributed by atoms with Crippen molar-refractivity contribution in [3.8, 4) is 0 Å². The Morgan fingerprint density at radius 3 is 2.24 bits per heavy atom. The molecule has 4 heteroatoms. The molecule has 0 saturated carbocycles. The van der Waals surface area contributed by atoms with E-state index in [4.69, 9.17) is 4.74 Å². The highest BCUT2D eigenvalue weighted by molar-refractivity contribution is 5.82. The third-order valence-corrected chi connectivity index (χ3v) is 2.72. The number of carbonyl (C=O) groups excluding carboxylic acids is 2. The third kappa shape index (κ3) is 5.52. The molecule has 0 atom stereocenters. The van der Waals surface area contributed by atoms with Crippen molar-refractivity contribution in [2.24, 2.45) is 5.41 Å². The van der Waals surface area contributed by atoms with Crippen LogP contribution in [-0.2, 0) is 14.3 Å². The molecule has 17 heavy (non-hydrogen) atoms. The Hall–Kier alpha value is -1.32. The van der Waals surface area contributed by atoms with E-state index in [0.717, 1.165) is 12.5 Å².